The number of hydrogen-bond acceptors (Lipinski definition) is 3. The van der Waals surface area contributed by atoms with Crippen LogP contribution >= 0.6 is 0 Å². The van der Waals surface area contributed by atoms with Crippen molar-refractivity contribution in [1.29, 1.82) is 0 Å². The summed E-state index contributed by atoms with van der Waals surface area (Å²) in [6.07, 6.45) is 0.863. The number of ether oxygens (including phenoxy) is 1. The number of likely N-dealkylation sites (N-methyl/N-ethyl adjacent to an activating group) is 1. The average molecular weight is 445 g/mol. The van der Waals surface area contributed by atoms with E-state index < -0.39 is 0 Å². The van der Waals surface area contributed by atoms with Crippen LogP contribution < -0.4 is 9.64 Å². The molecule has 0 saturated heterocycles. The van der Waals surface area contributed by atoms with Crippen LogP contribution in [0.1, 0.15) is 47.8 Å². The third kappa shape index (κ3) is 6.69. The molecular weight excluding hydrogens is 408 g/mol. The minimum Gasteiger partial charge on any atom is -0.492 e. The van der Waals surface area contributed by atoms with Crippen molar-refractivity contribution in [2.24, 2.45) is 0 Å². The summed E-state index contributed by atoms with van der Waals surface area (Å²) in [7, 11) is 0. The van der Waals surface area contributed by atoms with E-state index in [-0.39, 0.29) is 5.91 Å². The summed E-state index contributed by atoms with van der Waals surface area (Å²) in [5.74, 6) is 0.887. The van der Waals surface area contributed by atoms with E-state index in [0.717, 1.165) is 43.1 Å². The molecule has 33 heavy (non-hydrogen) atoms. The van der Waals surface area contributed by atoms with Gasteiger partial charge in [0.2, 0.25) is 0 Å². The number of carbonyl (C=O) groups is 1. The molecule has 3 rings (SSSR count). The van der Waals surface area contributed by atoms with E-state index in [4.69, 9.17) is 4.74 Å². The van der Waals surface area contributed by atoms with Crippen molar-refractivity contribution in [1.82, 2.24) is 4.90 Å². The molecule has 3 aromatic rings. The summed E-state index contributed by atoms with van der Waals surface area (Å²) >= 11 is 0. The maximum atomic E-state index is 13.2. The molecule has 0 saturated carbocycles. The molecule has 0 atom stereocenters. The number of anilines is 1. The second-order valence-electron chi connectivity index (χ2n) is 8.23. The van der Waals surface area contributed by atoms with Crippen LogP contribution in [0.15, 0.2) is 72.8 Å². The molecule has 174 valence electrons. The molecule has 0 spiro atoms. The highest BCUT2D eigenvalue weighted by atomic mass is 16.5. The number of rotatable bonds is 11. The van der Waals surface area contributed by atoms with Crippen LogP contribution in [-0.4, -0.2) is 43.6 Å². The van der Waals surface area contributed by atoms with E-state index in [0.29, 0.717) is 18.7 Å². The Morgan fingerprint density at radius 2 is 1.48 bits per heavy atom. The first kappa shape index (κ1) is 24.5. The van der Waals surface area contributed by atoms with Gasteiger partial charge in [-0.05, 0) is 80.4 Å². The van der Waals surface area contributed by atoms with Crippen LogP contribution in [0, 0.1) is 6.92 Å². The fourth-order valence-corrected chi connectivity index (χ4v) is 3.98. The SMILES string of the molecule is CCN(CC)CCOc1ccc(N(CC)C(=O)c2ccc(Cc3ccccc3)cc2)cc1C. The lowest BCUT2D eigenvalue weighted by molar-refractivity contribution is 0.0988. The zero-order valence-corrected chi connectivity index (χ0v) is 20.4. The lowest BCUT2D eigenvalue weighted by atomic mass is 10.0. The monoisotopic (exact) mass is 444 g/mol. The molecule has 4 nitrogen and oxygen atoms in total. The Bertz CT molecular complexity index is 1010. The first-order valence-electron chi connectivity index (χ1n) is 12.0. The van der Waals surface area contributed by atoms with Crippen LogP contribution in [0.4, 0.5) is 5.69 Å². The molecule has 0 heterocycles. The highest BCUT2D eigenvalue weighted by Gasteiger charge is 2.17. The van der Waals surface area contributed by atoms with Gasteiger partial charge < -0.3 is 14.5 Å². The summed E-state index contributed by atoms with van der Waals surface area (Å²) < 4.78 is 6.00. The summed E-state index contributed by atoms with van der Waals surface area (Å²) in [6, 6.07) is 24.3. The molecule has 0 aliphatic rings. The van der Waals surface area contributed by atoms with E-state index in [2.05, 4.69) is 43.0 Å². The van der Waals surface area contributed by atoms with Gasteiger partial charge in [0.25, 0.3) is 5.91 Å². The Kier molecular flexibility index (Phi) is 9.08. The third-order valence-electron chi connectivity index (χ3n) is 6.04. The van der Waals surface area contributed by atoms with Gasteiger partial charge in [0.05, 0.1) is 0 Å². The van der Waals surface area contributed by atoms with Crippen LogP contribution in [0.5, 0.6) is 5.75 Å². The number of amides is 1. The van der Waals surface area contributed by atoms with Crippen molar-refractivity contribution in [3.05, 3.63) is 95.1 Å². The van der Waals surface area contributed by atoms with Gasteiger partial charge in [-0.15, -0.1) is 0 Å². The molecule has 3 aromatic carbocycles. The minimum atomic E-state index is 0.0124. The topological polar surface area (TPSA) is 32.8 Å². The van der Waals surface area contributed by atoms with Crippen molar-refractivity contribution in [2.45, 2.75) is 34.1 Å². The largest absolute Gasteiger partial charge is 0.492 e. The smallest absolute Gasteiger partial charge is 0.258 e. The normalized spacial score (nSPS) is 10.9. The van der Waals surface area contributed by atoms with E-state index in [1.54, 1.807) is 0 Å². The molecule has 0 radical (unpaired) electrons. The molecule has 0 aromatic heterocycles. The number of aryl methyl sites for hydroxylation is 1. The summed E-state index contributed by atoms with van der Waals surface area (Å²) in [5, 5.41) is 0. The molecule has 0 aliphatic carbocycles. The highest BCUT2D eigenvalue weighted by molar-refractivity contribution is 6.06. The number of nitrogens with zero attached hydrogens (tertiary/aromatic N) is 2. The van der Waals surface area contributed by atoms with Crippen molar-refractivity contribution in [2.75, 3.05) is 37.7 Å². The van der Waals surface area contributed by atoms with Crippen LogP contribution in [0.25, 0.3) is 0 Å². The lowest BCUT2D eigenvalue weighted by Crippen LogP contribution is -2.30. The van der Waals surface area contributed by atoms with E-state index in [1.165, 1.54) is 11.1 Å². The van der Waals surface area contributed by atoms with Crippen molar-refractivity contribution in [3.8, 4) is 5.75 Å². The van der Waals surface area contributed by atoms with E-state index >= 15 is 0 Å². The zero-order valence-electron chi connectivity index (χ0n) is 20.4. The molecule has 0 aliphatic heterocycles. The summed E-state index contributed by atoms with van der Waals surface area (Å²) in [6.45, 7) is 12.6. The van der Waals surface area contributed by atoms with E-state index in [1.807, 2.05) is 67.3 Å². The number of carbonyl (C=O) groups excluding carboxylic acids is 1. The maximum absolute atomic E-state index is 13.2. The quantitative estimate of drug-likeness (QED) is 0.365. The third-order valence-corrected chi connectivity index (χ3v) is 6.04. The Morgan fingerprint density at radius 1 is 0.818 bits per heavy atom. The molecule has 0 bridgehead atoms. The van der Waals surface area contributed by atoms with Gasteiger partial charge in [-0.25, -0.2) is 0 Å². The molecule has 0 N–H and O–H groups in total. The summed E-state index contributed by atoms with van der Waals surface area (Å²) in [4.78, 5) is 17.4. The van der Waals surface area contributed by atoms with Gasteiger partial charge in [0, 0.05) is 24.3 Å². The lowest BCUT2D eigenvalue weighted by Gasteiger charge is -2.23. The molecule has 0 fully saturated rings. The number of benzene rings is 3. The average Bonchev–Trinajstić information content (AvgIpc) is 2.84. The molecule has 1 amide bonds. The van der Waals surface area contributed by atoms with Crippen molar-refractivity contribution >= 4 is 11.6 Å². The Hall–Kier alpha value is -3.11. The summed E-state index contributed by atoms with van der Waals surface area (Å²) in [5.41, 5.74) is 5.09. The first-order valence-corrected chi connectivity index (χ1v) is 12.0. The Labute approximate surface area is 198 Å². The number of hydrogen-bond donors (Lipinski definition) is 0. The minimum absolute atomic E-state index is 0.0124. The Morgan fingerprint density at radius 3 is 2.09 bits per heavy atom. The van der Waals surface area contributed by atoms with Gasteiger partial charge >= 0.3 is 0 Å². The fourth-order valence-electron chi connectivity index (χ4n) is 3.98. The van der Waals surface area contributed by atoms with Crippen LogP contribution in [-0.2, 0) is 6.42 Å². The second kappa shape index (κ2) is 12.2. The van der Waals surface area contributed by atoms with Crippen LogP contribution in [0.2, 0.25) is 0 Å². The second-order valence-corrected chi connectivity index (χ2v) is 8.23. The molecule has 4 heteroatoms. The van der Waals surface area contributed by atoms with Crippen molar-refractivity contribution < 1.29 is 9.53 Å². The van der Waals surface area contributed by atoms with Gasteiger partial charge in [-0.3, -0.25) is 4.79 Å². The van der Waals surface area contributed by atoms with Gasteiger partial charge in [-0.1, -0.05) is 56.3 Å². The molecular formula is C29H36N2O2. The predicted octanol–water partition coefficient (Wildman–Crippen LogP) is 5.97. The fraction of sp³-hybridized carbons (Fsp3) is 0.345. The van der Waals surface area contributed by atoms with Gasteiger partial charge in [0.15, 0.2) is 0 Å². The maximum Gasteiger partial charge on any atom is 0.258 e. The van der Waals surface area contributed by atoms with Gasteiger partial charge in [-0.2, -0.15) is 0 Å². The van der Waals surface area contributed by atoms with Gasteiger partial charge in [0.1, 0.15) is 12.4 Å². The standard InChI is InChI=1S/C29H36N2O2/c1-5-30(6-2)19-20-33-28-18-17-27(21-23(28)4)31(7-3)29(32)26-15-13-25(14-16-26)22-24-11-9-8-10-12-24/h8-18,21H,5-7,19-20,22H2,1-4H3. The van der Waals surface area contributed by atoms with E-state index in [9.17, 15) is 4.79 Å². The first-order chi connectivity index (χ1) is 16.0. The zero-order chi connectivity index (χ0) is 23.6. The van der Waals surface area contributed by atoms with Crippen LogP contribution in [0.3, 0.4) is 0 Å². The van der Waals surface area contributed by atoms with Crippen molar-refractivity contribution in [3.63, 3.8) is 0 Å². The highest BCUT2D eigenvalue weighted by Crippen LogP contribution is 2.26. The Balaban J connectivity index is 1.66. The predicted molar refractivity (Wildman–Crippen MR) is 138 cm³/mol. The molecule has 0 unspecified atom stereocenters.